The van der Waals surface area contributed by atoms with Crippen LogP contribution >= 0.6 is 0 Å². The van der Waals surface area contributed by atoms with Crippen molar-refractivity contribution in [2.24, 2.45) is 0 Å². The van der Waals surface area contributed by atoms with Gasteiger partial charge in [0, 0.05) is 13.0 Å². The summed E-state index contributed by atoms with van der Waals surface area (Å²) in [6, 6.07) is 0. The standard InChI is InChI=1S/C37H68O4/c1-3-5-7-9-11-13-14-15-16-17-18-19-20-21-22-23-25-27-29-31-33-40-35-36(34-38)41-37(39)32-30-28-26-24-12-10-8-6-4-2/h11,13,15-16,18-19,36,38H,3-10,12,14,17,20-35H2,1-2H3/b13-11-,16-15-,19-18-. The van der Waals surface area contributed by atoms with E-state index in [1.807, 2.05) is 0 Å². The summed E-state index contributed by atoms with van der Waals surface area (Å²) < 4.78 is 11.1. The van der Waals surface area contributed by atoms with E-state index in [0.717, 1.165) is 32.1 Å². The van der Waals surface area contributed by atoms with E-state index in [1.165, 1.54) is 116 Å². The summed E-state index contributed by atoms with van der Waals surface area (Å²) in [5.74, 6) is -0.209. The molecule has 0 spiro atoms. The zero-order valence-electron chi connectivity index (χ0n) is 27.3. The number of rotatable bonds is 32. The molecule has 0 aliphatic rings. The number of carbonyl (C=O) groups is 1. The second-order valence-electron chi connectivity index (χ2n) is 11.6. The molecule has 0 aromatic rings. The fourth-order valence-corrected chi connectivity index (χ4v) is 4.80. The Morgan fingerprint density at radius 1 is 0.585 bits per heavy atom. The Morgan fingerprint density at radius 3 is 1.59 bits per heavy atom. The van der Waals surface area contributed by atoms with Gasteiger partial charge in [-0.25, -0.2) is 0 Å². The molecule has 1 N–H and O–H groups in total. The van der Waals surface area contributed by atoms with Crippen molar-refractivity contribution >= 4 is 5.97 Å². The van der Waals surface area contributed by atoms with Crippen LogP contribution in [-0.2, 0) is 14.3 Å². The lowest BCUT2D eigenvalue weighted by atomic mass is 10.1. The number of allylic oxidation sites excluding steroid dienone is 6. The summed E-state index contributed by atoms with van der Waals surface area (Å²) in [7, 11) is 0. The first-order valence-electron chi connectivity index (χ1n) is 17.6. The molecule has 0 fully saturated rings. The zero-order valence-corrected chi connectivity index (χ0v) is 27.3. The summed E-state index contributed by atoms with van der Waals surface area (Å²) >= 11 is 0. The fourth-order valence-electron chi connectivity index (χ4n) is 4.80. The van der Waals surface area contributed by atoms with E-state index in [9.17, 15) is 9.90 Å². The molecule has 240 valence electrons. The Hall–Kier alpha value is -1.39. The summed E-state index contributed by atoms with van der Waals surface area (Å²) in [5.41, 5.74) is 0. The molecule has 0 saturated heterocycles. The highest BCUT2D eigenvalue weighted by Gasteiger charge is 2.13. The average Bonchev–Trinajstić information content (AvgIpc) is 2.98. The minimum absolute atomic E-state index is 0.174. The smallest absolute Gasteiger partial charge is 0.306 e. The number of hydrogen-bond acceptors (Lipinski definition) is 4. The summed E-state index contributed by atoms with van der Waals surface area (Å²) in [4.78, 5) is 12.0. The second kappa shape index (κ2) is 34.8. The molecular weight excluding hydrogens is 508 g/mol. The average molecular weight is 577 g/mol. The van der Waals surface area contributed by atoms with Gasteiger partial charge in [0.05, 0.1) is 13.2 Å². The van der Waals surface area contributed by atoms with Gasteiger partial charge >= 0.3 is 5.97 Å². The van der Waals surface area contributed by atoms with E-state index < -0.39 is 6.10 Å². The van der Waals surface area contributed by atoms with Crippen molar-refractivity contribution in [1.82, 2.24) is 0 Å². The Balaban J connectivity index is 3.46. The molecule has 0 radical (unpaired) electrons. The second-order valence-corrected chi connectivity index (χ2v) is 11.6. The van der Waals surface area contributed by atoms with Gasteiger partial charge in [-0.3, -0.25) is 4.79 Å². The van der Waals surface area contributed by atoms with Crippen LogP contribution in [0.1, 0.15) is 168 Å². The summed E-state index contributed by atoms with van der Waals surface area (Å²) in [6.07, 6.45) is 41.8. The van der Waals surface area contributed by atoms with E-state index in [2.05, 4.69) is 50.3 Å². The Kier molecular flexibility index (Phi) is 33.6. The summed E-state index contributed by atoms with van der Waals surface area (Å²) in [6.45, 7) is 5.28. The van der Waals surface area contributed by atoms with Gasteiger partial charge < -0.3 is 14.6 Å². The van der Waals surface area contributed by atoms with E-state index >= 15 is 0 Å². The van der Waals surface area contributed by atoms with Crippen LogP contribution in [0.5, 0.6) is 0 Å². The molecule has 0 aliphatic heterocycles. The van der Waals surface area contributed by atoms with Crippen LogP contribution < -0.4 is 0 Å². The molecule has 0 aliphatic carbocycles. The molecule has 0 amide bonds. The van der Waals surface area contributed by atoms with Crippen LogP contribution in [0.2, 0.25) is 0 Å². The molecule has 1 atom stereocenters. The monoisotopic (exact) mass is 577 g/mol. The lowest BCUT2D eigenvalue weighted by Crippen LogP contribution is -2.27. The maximum atomic E-state index is 12.0. The van der Waals surface area contributed by atoms with Crippen LogP contribution in [0.25, 0.3) is 0 Å². The SMILES string of the molecule is CCCCC/C=C\C/C=C\C/C=C\CCCCCCCCCOCC(CO)OC(=O)CCCCCCCCCCC. The first-order valence-corrected chi connectivity index (χ1v) is 17.6. The lowest BCUT2D eigenvalue weighted by molar-refractivity contribution is -0.154. The highest BCUT2D eigenvalue weighted by Crippen LogP contribution is 2.12. The lowest BCUT2D eigenvalue weighted by Gasteiger charge is -2.16. The van der Waals surface area contributed by atoms with E-state index in [0.29, 0.717) is 19.6 Å². The quantitative estimate of drug-likeness (QED) is 0.0491. The van der Waals surface area contributed by atoms with Crippen molar-refractivity contribution in [1.29, 1.82) is 0 Å². The first kappa shape index (κ1) is 39.6. The number of carbonyl (C=O) groups excluding carboxylic acids is 1. The molecule has 4 nitrogen and oxygen atoms in total. The number of hydrogen-bond donors (Lipinski definition) is 1. The molecule has 4 heteroatoms. The van der Waals surface area contributed by atoms with Crippen molar-refractivity contribution in [2.75, 3.05) is 19.8 Å². The van der Waals surface area contributed by atoms with Crippen molar-refractivity contribution in [3.8, 4) is 0 Å². The fraction of sp³-hybridized carbons (Fsp3) is 0.811. The number of aliphatic hydroxyl groups is 1. The largest absolute Gasteiger partial charge is 0.457 e. The highest BCUT2D eigenvalue weighted by atomic mass is 16.6. The molecule has 0 bridgehead atoms. The van der Waals surface area contributed by atoms with Gasteiger partial charge in [-0.05, 0) is 51.4 Å². The third-order valence-corrected chi connectivity index (χ3v) is 7.47. The van der Waals surface area contributed by atoms with E-state index in [4.69, 9.17) is 9.47 Å². The Labute approximate surface area is 255 Å². The van der Waals surface area contributed by atoms with Crippen LogP contribution in [0, 0.1) is 0 Å². The van der Waals surface area contributed by atoms with Crippen LogP contribution in [-0.4, -0.2) is 37.0 Å². The Morgan fingerprint density at radius 2 is 1.02 bits per heavy atom. The van der Waals surface area contributed by atoms with Crippen LogP contribution in [0.4, 0.5) is 0 Å². The van der Waals surface area contributed by atoms with Gasteiger partial charge in [-0.2, -0.15) is 0 Å². The van der Waals surface area contributed by atoms with Gasteiger partial charge in [0.15, 0.2) is 0 Å². The predicted molar refractivity (Wildman–Crippen MR) is 177 cm³/mol. The number of esters is 1. The Bertz CT molecular complexity index is 610. The van der Waals surface area contributed by atoms with Gasteiger partial charge in [0.2, 0.25) is 0 Å². The number of ether oxygens (including phenoxy) is 2. The van der Waals surface area contributed by atoms with E-state index in [1.54, 1.807) is 0 Å². The first-order chi connectivity index (χ1) is 20.2. The maximum absolute atomic E-state index is 12.0. The minimum Gasteiger partial charge on any atom is -0.457 e. The molecule has 41 heavy (non-hydrogen) atoms. The van der Waals surface area contributed by atoms with Crippen molar-refractivity contribution in [3.05, 3.63) is 36.5 Å². The van der Waals surface area contributed by atoms with Crippen molar-refractivity contribution in [2.45, 2.75) is 174 Å². The molecule has 1 unspecified atom stereocenters. The zero-order chi connectivity index (χ0) is 29.9. The van der Waals surface area contributed by atoms with Crippen LogP contribution in [0.15, 0.2) is 36.5 Å². The van der Waals surface area contributed by atoms with Gasteiger partial charge in [-0.15, -0.1) is 0 Å². The topological polar surface area (TPSA) is 55.8 Å². The van der Waals surface area contributed by atoms with E-state index in [-0.39, 0.29) is 12.6 Å². The van der Waals surface area contributed by atoms with Crippen molar-refractivity contribution in [3.63, 3.8) is 0 Å². The molecule has 0 heterocycles. The normalized spacial score (nSPS) is 12.8. The molecule has 0 aromatic heterocycles. The van der Waals surface area contributed by atoms with Gasteiger partial charge in [-0.1, -0.05) is 147 Å². The maximum Gasteiger partial charge on any atom is 0.306 e. The molecule has 0 saturated carbocycles. The molecule has 0 rings (SSSR count). The third-order valence-electron chi connectivity index (χ3n) is 7.47. The molecular formula is C37H68O4. The minimum atomic E-state index is -0.534. The van der Waals surface area contributed by atoms with Gasteiger partial charge in [0.1, 0.15) is 6.10 Å². The summed E-state index contributed by atoms with van der Waals surface area (Å²) in [5, 5.41) is 9.51. The highest BCUT2D eigenvalue weighted by molar-refractivity contribution is 5.69. The molecule has 0 aromatic carbocycles. The number of aliphatic hydroxyl groups excluding tert-OH is 1. The van der Waals surface area contributed by atoms with Crippen molar-refractivity contribution < 1.29 is 19.4 Å². The number of unbranched alkanes of at least 4 members (excludes halogenated alkanes) is 18. The van der Waals surface area contributed by atoms with Crippen LogP contribution in [0.3, 0.4) is 0 Å². The predicted octanol–water partition coefficient (Wildman–Crippen LogP) is 11.0. The third kappa shape index (κ3) is 33.0. The van der Waals surface area contributed by atoms with Gasteiger partial charge in [0.25, 0.3) is 0 Å².